The Kier molecular flexibility index (Phi) is 6.88. The van der Waals surface area contributed by atoms with E-state index in [9.17, 15) is 27.9 Å². The minimum absolute atomic E-state index is 0.0320. The van der Waals surface area contributed by atoms with Gasteiger partial charge in [-0.3, -0.25) is 0 Å². The van der Waals surface area contributed by atoms with Crippen molar-refractivity contribution in [1.82, 2.24) is 10.1 Å². The molecule has 3 aromatic rings. The van der Waals surface area contributed by atoms with Gasteiger partial charge in [0.05, 0.1) is 15.9 Å². The van der Waals surface area contributed by atoms with Crippen molar-refractivity contribution in [2.24, 2.45) is 0 Å². The third kappa shape index (κ3) is 5.02. The first-order valence-electron chi connectivity index (χ1n) is 15.9. The fourth-order valence-corrected chi connectivity index (χ4v) is 9.63. The second kappa shape index (κ2) is 10.6. The zero-order chi connectivity index (χ0) is 32.0. The second-order valence-corrected chi connectivity index (χ2v) is 14.7. The quantitative estimate of drug-likeness (QED) is 0.250. The monoisotopic (exact) mass is 661 g/mol. The van der Waals surface area contributed by atoms with Crippen molar-refractivity contribution >= 4 is 38.6 Å². The van der Waals surface area contributed by atoms with Crippen molar-refractivity contribution in [1.29, 1.82) is 0 Å². The Bertz CT molecular complexity index is 1680. The van der Waals surface area contributed by atoms with E-state index >= 15 is 0 Å². The van der Waals surface area contributed by atoms with Crippen LogP contribution in [0.3, 0.4) is 0 Å². The molecule has 1 unspecified atom stereocenters. The van der Waals surface area contributed by atoms with Crippen LogP contribution in [0.5, 0.6) is 5.75 Å². The molecular weight excluding hydrogens is 627 g/mol. The number of hydrogen-bond acceptors (Lipinski definition) is 10. The van der Waals surface area contributed by atoms with Gasteiger partial charge in [-0.1, -0.05) is 16.5 Å². The van der Waals surface area contributed by atoms with Gasteiger partial charge in [-0.2, -0.15) is 0 Å². The Morgan fingerprint density at radius 3 is 2.30 bits per heavy atom. The molecule has 4 aliphatic carbocycles. The number of carbonyl (C=O) groups is 2. The van der Waals surface area contributed by atoms with E-state index in [-0.39, 0.29) is 52.2 Å². The van der Waals surface area contributed by atoms with E-state index in [1.807, 2.05) is 0 Å². The number of esters is 1. The Balaban J connectivity index is 1.03. The van der Waals surface area contributed by atoms with Crippen LogP contribution in [0.25, 0.3) is 10.2 Å². The van der Waals surface area contributed by atoms with Gasteiger partial charge in [0.2, 0.25) is 0 Å². The average molecular weight is 662 g/mol. The molecule has 4 saturated carbocycles. The molecular formula is C32H34F3N3O7S. The number of carboxylic acid groups (broad SMARTS) is 1. The van der Waals surface area contributed by atoms with Crippen molar-refractivity contribution in [3.05, 3.63) is 34.7 Å². The maximum absolute atomic E-state index is 14.0. The Morgan fingerprint density at radius 1 is 1.04 bits per heavy atom. The number of aromatic nitrogens is 2. The van der Waals surface area contributed by atoms with E-state index in [1.165, 1.54) is 6.07 Å². The van der Waals surface area contributed by atoms with Gasteiger partial charge in [0.1, 0.15) is 22.9 Å². The number of benzene rings is 1. The SMILES string of the molecule is COC12CCC(c3noc(C4CC4)c3C(=O)OC3C[C@H]4CC[C@@H](C3)N4c3nc4c(OC(F)(F)F)cc(C(=O)O)cc4s3)(CC1)CC2. The van der Waals surface area contributed by atoms with Gasteiger partial charge in [-0.15, -0.1) is 13.2 Å². The largest absolute Gasteiger partial charge is 0.573 e. The number of carbonyl (C=O) groups excluding carboxylic acids is 1. The molecule has 46 heavy (non-hydrogen) atoms. The molecule has 4 bridgehead atoms. The summed E-state index contributed by atoms with van der Waals surface area (Å²) < 4.78 is 62.0. The zero-order valence-electron chi connectivity index (χ0n) is 25.2. The van der Waals surface area contributed by atoms with Gasteiger partial charge >= 0.3 is 18.3 Å². The lowest BCUT2D eigenvalue weighted by molar-refractivity contribution is -0.274. The van der Waals surface area contributed by atoms with Gasteiger partial charge in [-0.05, 0) is 76.3 Å². The van der Waals surface area contributed by atoms with Crippen molar-refractivity contribution in [2.45, 2.75) is 119 Å². The number of hydrogen-bond donors (Lipinski definition) is 1. The van der Waals surface area contributed by atoms with E-state index < -0.39 is 18.1 Å². The number of nitrogens with zero attached hydrogens (tertiary/aromatic N) is 3. The lowest BCUT2D eigenvalue weighted by Crippen LogP contribution is -2.50. The topological polar surface area (TPSA) is 124 Å². The first kappa shape index (κ1) is 30.0. The van der Waals surface area contributed by atoms with Gasteiger partial charge in [0.15, 0.2) is 16.6 Å². The van der Waals surface area contributed by atoms with Crippen LogP contribution < -0.4 is 9.64 Å². The van der Waals surface area contributed by atoms with Crippen molar-refractivity contribution in [3.8, 4) is 5.75 Å². The molecule has 14 heteroatoms. The molecule has 3 atom stereocenters. The number of halogens is 3. The normalized spacial score (nSPS) is 30.6. The number of ether oxygens (including phenoxy) is 3. The van der Waals surface area contributed by atoms with E-state index in [0.29, 0.717) is 34.0 Å². The molecule has 0 amide bonds. The average Bonchev–Trinajstić information content (AvgIpc) is 3.50. The Hall–Kier alpha value is -3.39. The minimum Gasteiger partial charge on any atom is -0.478 e. The summed E-state index contributed by atoms with van der Waals surface area (Å²) in [6.45, 7) is 0. The highest BCUT2D eigenvalue weighted by atomic mass is 32.1. The number of rotatable bonds is 8. The predicted octanol–water partition coefficient (Wildman–Crippen LogP) is 7.11. The highest BCUT2D eigenvalue weighted by Gasteiger charge is 2.54. The standard InChI is InChI=1S/C32H34F3N3O7S/c1-42-31-9-6-30(7-10-31,8-11-31)26-23(25(45-37-26)16-2-3-16)28(41)43-20-14-18-4-5-19(15-20)38(18)29-36-24-21(44-32(33,34)35)12-17(27(39)40)13-22(24)46-29/h12-13,16,18-20H,2-11,14-15H2,1H3,(H,39,40)/t18-,19+,20?,30?,31?. The number of anilines is 1. The summed E-state index contributed by atoms with van der Waals surface area (Å²) in [6.07, 6.45) is 4.78. The molecule has 246 valence electrons. The number of aromatic carboxylic acids is 1. The van der Waals surface area contributed by atoms with Crippen LogP contribution in [0.2, 0.25) is 0 Å². The molecule has 2 aromatic heterocycles. The summed E-state index contributed by atoms with van der Waals surface area (Å²) >= 11 is 1.14. The third-order valence-corrected chi connectivity index (χ3v) is 12.1. The van der Waals surface area contributed by atoms with Crippen LogP contribution in [0.1, 0.15) is 115 Å². The molecule has 9 rings (SSSR count). The molecule has 2 saturated heterocycles. The van der Waals surface area contributed by atoms with Crippen molar-refractivity contribution < 1.29 is 46.6 Å². The van der Waals surface area contributed by atoms with Crippen molar-refractivity contribution in [2.75, 3.05) is 12.0 Å². The molecule has 4 heterocycles. The number of methoxy groups -OCH3 is 1. The molecule has 6 aliphatic rings. The fourth-order valence-electron chi connectivity index (χ4n) is 8.47. The Labute approximate surface area is 266 Å². The van der Waals surface area contributed by atoms with Gasteiger partial charge in [-0.25, -0.2) is 14.6 Å². The van der Waals surface area contributed by atoms with E-state index in [1.54, 1.807) is 7.11 Å². The number of alkyl halides is 3. The third-order valence-electron chi connectivity index (χ3n) is 11.1. The van der Waals surface area contributed by atoms with Gasteiger partial charge in [0, 0.05) is 43.4 Å². The fraction of sp³-hybridized carbons (Fsp3) is 0.625. The summed E-state index contributed by atoms with van der Waals surface area (Å²) in [6, 6.07) is 2.10. The summed E-state index contributed by atoms with van der Waals surface area (Å²) in [5, 5.41) is 14.5. The molecule has 0 radical (unpaired) electrons. The van der Waals surface area contributed by atoms with Crippen LogP contribution in [0, 0.1) is 0 Å². The summed E-state index contributed by atoms with van der Waals surface area (Å²) in [4.78, 5) is 32.2. The highest BCUT2D eigenvalue weighted by molar-refractivity contribution is 7.22. The lowest BCUT2D eigenvalue weighted by Gasteiger charge is -2.52. The van der Waals surface area contributed by atoms with Crippen LogP contribution in [-0.4, -0.2) is 64.4 Å². The predicted molar refractivity (Wildman–Crippen MR) is 159 cm³/mol. The highest BCUT2D eigenvalue weighted by Crippen LogP contribution is 2.56. The second-order valence-electron chi connectivity index (χ2n) is 13.7. The molecule has 6 fully saturated rings. The molecule has 10 nitrogen and oxygen atoms in total. The van der Waals surface area contributed by atoms with Crippen LogP contribution >= 0.6 is 11.3 Å². The first-order valence-corrected chi connectivity index (χ1v) is 16.8. The van der Waals surface area contributed by atoms with E-state index in [2.05, 4.69) is 19.8 Å². The molecule has 1 aromatic carbocycles. The van der Waals surface area contributed by atoms with Crippen molar-refractivity contribution in [3.63, 3.8) is 0 Å². The van der Waals surface area contributed by atoms with Gasteiger partial charge < -0.3 is 28.7 Å². The van der Waals surface area contributed by atoms with Crippen LogP contribution in [-0.2, 0) is 14.9 Å². The van der Waals surface area contributed by atoms with Gasteiger partial charge in [0.25, 0.3) is 0 Å². The Morgan fingerprint density at radius 2 is 1.72 bits per heavy atom. The first-order chi connectivity index (χ1) is 22.0. The maximum Gasteiger partial charge on any atom is 0.573 e. The summed E-state index contributed by atoms with van der Waals surface area (Å²) in [7, 11) is 1.78. The summed E-state index contributed by atoms with van der Waals surface area (Å²) in [5.41, 5.74) is 0.630. The molecule has 2 aliphatic heterocycles. The zero-order valence-corrected chi connectivity index (χ0v) is 26.0. The molecule has 0 spiro atoms. The number of fused-ring (bicyclic) bond motifs is 6. The van der Waals surface area contributed by atoms with E-state index in [0.717, 1.165) is 87.3 Å². The number of piperidine rings is 1. The van der Waals surface area contributed by atoms with E-state index in [4.69, 9.17) is 14.0 Å². The van der Waals surface area contributed by atoms with Crippen LogP contribution in [0.4, 0.5) is 18.3 Å². The number of thiazole rings is 1. The maximum atomic E-state index is 14.0. The minimum atomic E-state index is -5.00. The summed E-state index contributed by atoms with van der Waals surface area (Å²) in [5.74, 6) is -1.54. The number of carboxylic acids is 1. The smallest absolute Gasteiger partial charge is 0.478 e. The van der Waals surface area contributed by atoms with Crippen LogP contribution in [0.15, 0.2) is 16.7 Å². The molecule has 1 N–H and O–H groups in total. The lowest BCUT2D eigenvalue weighted by atomic mass is 9.57.